The average molecular weight is 436 g/mol. The highest BCUT2D eigenvalue weighted by molar-refractivity contribution is 7.92. The van der Waals surface area contributed by atoms with Gasteiger partial charge in [0.25, 0.3) is 0 Å². The Morgan fingerprint density at radius 1 is 1.10 bits per heavy atom. The third-order valence-electron chi connectivity index (χ3n) is 4.67. The van der Waals surface area contributed by atoms with E-state index in [-0.39, 0.29) is 18.1 Å². The molecule has 0 aliphatic rings. The van der Waals surface area contributed by atoms with E-state index in [9.17, 15) is 22.4 Å². The predicted molar refractivity (Wildman–Crippen MR) is 114 cm³/mol. The van der Waals surface area contributed by atoms with Crippen molar-refractivity contribution in [1.82, 2.24) is 10.2 Å². The fraction of sp³-hybridized carbons (Fsp3) is 0.333. The molecule has 0 heterocycles. The molecule has 2 aromatic carbocycles. The molecule has 9 heteroatoms. The Morgan fingerprint density at radius 2 is 1.77 bits per heavy atom. The second-order valence-electron chi connectivity index (χ2n) is 6.86. The summed E-state index contributed by atoms with van der Waals surface area (Å²) in [5.74, 6) is -1.54. The normalized spacial score (nSPS) is 12.1. The number of anilines is 1. The molecule has 7 nitrogen and oxygen atoms in total. The number of carbonyl (C=O) groups excluding carboxylic acids is 2. The number of sulfonamides is 1. The van der Waals surface area contributed by atoms with Gasteiger partial charge in [0, 0.05) is 13.6 Å². The lowest BCUT2D eigenvalue weighted by Crippen LogP contribution is -2.51. The summed E-state index contributed by atoms with van der Waals surface area (Å²) in [5.41, 5.74) is 1.02. The van der Waals surface area contributed by atoms with Crippen molar-refractivity contribution in [3.8, 4) is 0 Å². The van der Waals surface area contributed by atoms with Crippen molar-refractivity contribution in [1.29, 1.82) is 0 Å². The number of hydrogen-bond donors (Lipinski definition) is 1. The lowest BCUT2D eigenvalue weighted by atomic mass is 10.1. The molecule has 0 fully saturated rings. The quantitative estimate of drug-likeness (QED) is 0.651. The molecular formula is C21H26FN3O4S. The standard InChI is InChI=1S/C21H26FN3O4S/c1-16(21(27)23-2)24(13-12-17-8-5-4-6-9-17)20(26)15-25(30(3,28)29)19-11-7-10-18(22)14-19/h4-11,14,16H,12-13,15H2,1-3H3,(H,23,27)/t16-/m0/s1. The van der Waals surface area contributed by atoms with Crippen LogP contribution in [0.5, 0.6) is 0 Å². The van der Waals surface area contributed by atoms with Gasteiger partial charge in [-0.2, -0.15) is 0 Å². The van der Waals surface area contributed by atoms with E-state index in [2.05, 4.69) is 5.32 Å². The number of benzene rings is 2. The highest BCUT2D eigenvalue weighted by Gasteiger charge is 2.29. The van der Waals surface area contributed by atoms with Crippen LogP contribution < -0.4 is 9.62 Å². The van der Waals surface area contributed by atoms with E-state index < -0.39 is 34.3 Å². The topological polar surface area (TPSA) is 86.8 Å². The van der Waals surface area contributed by atoms with Crippen LogP contribution >= 0.6 is 0 Å². The number of halogens is 1. The van der Waals surface area contributed by atoms with Crippen molar-refractivity contribution in [2.45, 2.75) is 19.4 Å². The highest BCUT2D eigenvalue weighted by atomic mass is 32.2. The summed E-state index contributed by atoms with van der Waals surface area (Å²) in [4.78, 5) is 26.6. The number of carbonyl (C=O) groups is 2. The number of likely N-dealkylation sites (N-methyl/N-ethyl adjacent to an activating group) is 1. The van der Waals surface area contributed by atoms with E-state index in [0.29, 0.717) is 6.42 Å². The summed E-state index contributed by atoms with van der Waals surface area (Å²) in [6, 6.07) is 13.6. The SMILES string of the molecule is CNC(=O)[C@H](C)N(CCc1ccccc1)C(=O)CN(c1cccc(F)c1)S(C)(=O)=O. The van der Waals surface area contributed by atoms with E-state index in [1.54, 1.807) is 6.92 Å². The number of amides is 2. The van der Waals surface area contributed by atoms with Crippen LogP contribution in [0.3, 0.4) is 0 Å². The number of nitrogens with zero attached hydrogens (tertiary/aromatic N) is 2. The summed E-state index contributed by atoms with van der Waals surface area (Å²) in [5, 5.41) is 2.51. The summed E-state index contributed by atoms with van der Waals surface area (Å²) in [6.45, 7) is 1.26. The Bertz CT molecular complexity index is 983. The Labute approximate surface area is 176 Å². The Balaban J connectivity index is 2.28. The number of rotatable bonds is 9. The maximum absolute atomic E-state index is 13.6. The maximum atomic E-state index is 13.6. The maximum Gasteiger partial charge on any atom is 0.244 e. The predicted octanol–water partition coefficient (Wildman–Crippen LogP) is 1.80. The fourth-order valence-electron chi connectivity index (χ4n) is 3.02. The molecule has 0 aliphatic carbocycles. The number of hydrogen-bond acceptors (Lipinski definition) is 4. The first-order valence-corrected chi connectivity index (χ1v) is 11.3. The lowest BCUT2D eigenvalue weighted by Gasteiger charge is -2.31. The highest BCUT2D eigenvalue weighted by Crippen LogP contribution is 2.19. The van der Waals surface area contributed by atoms with Crippen molar-refractivity contribution in [2.75, 3.05) is 30.7 Å². The molecule has 2 aromatic rings. The van der Waals surface area contributed by atoms with Gasteiger partial charge in [0.05, 0.1) is 11.9 Å². The molecule has 162 valence electrons. The van der Waals surface area contributed by atoms with Gasteiger partial charge in [0.15, 0.2) is 0 Å². The van der Waals surface area contributed by atoms with E-state index in [1.165, 1.54) is 30.1 Å². The van der Waals surface area contributed by atoms with Gasteiger partial charge in [-0.05, 0) is 37.1 Å². The van der Waals surface area contributed by atoms with Crippen LogP contribution in [0, 0.1) is 5.82 Å². The largest absolute Gasteiger partial charge is 0.357 e. The number of nitrogens with one attached hydrogen (secondary N) is 1. The van der Waals surface area contributed by atoms with Crippen LogP contribution in [0.15, 0.2) is 54.6 Å². The molecule has 2 rings (SSSR count). The second kappa shape index (κ2) is 10.2. The Hall–Kier alpha value is -2.94. The minimum atomic E-state index is -3.86. The molecule has 0 unspecified atom stereocenters. The van der Waals surface area contributed by atoms with Gasteiger partial charge in [-0.3, -0.25) is 13.9 Å². The molecule has 0 aromatic heterocycles. The third-order valence-corrected chi connectivity index (χ3v) is 5.81. The van der Waals surface area contributed by atoms with Gasteiger partial charge >= 0.3 is 0 Å². The first kappa shape index (κ1) is 23.3. The molecule has 0 bridgehead atoms. The van der Waals surface area contributed by atoms with Crippen molar-refractivity contribution >= 4 is 27.5 Å². The molecule has 0 aliphatic heterocycles. The first-order valence-electron chi connectivity index (χ1n) is 9.41. The van der Waals surface area contributed by atoms with Crippen molar-refractivity contribution in [3.05, 3.63) is 66.0 Å². The van der Waals surface area contributed by atoms with Crippen LogP contribution in [-0.2, 0) is 26.0 Å². The minimum Gasteiger partial charge on any atom is -0.357 e. The van der Waals surface area contributed by atoms with E-state index in [4.69, 9.17) is 0 Å². The van der Waals surface area contributed by atoms with E-state index in [0.717, 1.165) is 22.2 Å². The zero-order chi connectivity index (χ0) is 22.3. The molecule has 30 heavy (non-hydrogen) atoms. The lowest BCUT2D eigenvalue weighted by molar-refractivity contribution is -0.138. The van der Waals surface area contributed by atoms with Crippen LogP contribution in [0.25, 0.3) is 0 Å². The van der Waals surface area contributed by atoms with Crippen LogP contribution in [-0.4, -0.2) is 57.6 Å². The van der Waals surface area contributed by atoms with Gasteiger partial charge < -0.3 is 10.2 Å². The van der Waals surface area contributed by atoms with E-state index in [1.807, 2.05) is 30.3 Å². The van der Waals surface area contributed by atoms with Crippen molar-refractivity contribution in [3.63, 3.8) is 0 Å². The van der Waals surface area contributed by atoms with Crippen molar-refractivity contribution in [2.24, 2.45) is 0 Å². The smallest absolute Gasteiger partial charge is 0.244 e. The molecule has 2 amide bonds. The monoisotopic (exact) mass is 435 g/mol. The van der Waals surface area contributed by atoms with Crippen molar-refractivity contribution < 1.29 is 22.4 Å². The van der Waals surface area contributed by atoms with Gasteiger partial charge in [-0.15, -0.1) is 0 Å². The van der Waals surface area contributed by atoms with Gasteiger partial charge in [0.2, 0.25) is 21.8 Å². The zero-order valence-electron chi connectivity index (χ0n) is 17.2. The molecule has 0 radical (unpaired) electrons. The fourth-order valence-corrected chi connectivity index (χ4v) is 3.87. The molecule has 1 atom stereocenters. The summed E-state index contributed by atoms with van der Waals surface area (Å²) in [6.07, 6.45) is 1.44. The second-order valence-corrected chi connectivity index (χ2v) is 8.77. The third kappa shape index (κ3) is 6.28. The minimum absolute atomic E-state index is 0.0430. The van der Waals surface area contributed by atoms with E-state index >= 15 is 0 Å². The molecule has 0 saturated carbocycles. The molecule has 0 spiro atoms. The Morgan fingerprint density at radius 3 is 2.33 bits per heavy atom. The average Bonchev–Trinajstić information content (AvgIpc) is 2.71. The summed E-state index contributed by atoms with van der Waals surface area (Å²) in [7, 11) is -2.40. The van der Waals surface area contributed by atoms with Gasteiger partial charge in [-0.25, -0.2) is 12.8 Å². The van der Waals surface area contributed by atoms with Crippen LogP contribution in [0.4, 0.5) is 10.1 Å². The molecule has 1 N–H and O–H groups in total. The summed E-state index contributed by atoms with van der Waals surface area (Å²) >= 11 is 0. The molecule has 0 saturated heterocycles. The van der Waals surface area contributed by atoms with Gasteiger partial charge in [-0.1, -0.05) is 36.4 Å². The van der Waals surface area contributed by atoms with Gasteiger partial charge in [0.1, 0.15) is 18.4 Å². The summed E-state index contributed by atoms with van der Waals surface area (Å²) < 4.78 is 39.1. The molecular weight excluding hydrogens is 409 g/mol. The first-order chi connectivity index (χ1) is 14.1. The Kier molecular flexibility index (Phi) is 7.93. The van der Waals surface area contributed by atoms with Crippen LogP contribution in [0.2, 0.25) is 0 Å². The van der Waals surface area contributed by atoms with Crippen LogP contribution in [0.1, 0.15) is 12.5 Å². The zero-order valence-corrected chi connectivity index (χ0v) is 18.0.